The van der Waals surface area contributed by atoms with Gasteiger partial charge in [0.15, 0.2) is 0 Å². The lowest BCUT2D eigenvalue weighted by Gasteiger charge is -2.25. The van der Waals surface area contributed by atoms with Crippen LogP contribution in [0, 0.1) is 5.41 Å². The van der Waals surface area contributed by atoms with Crippen LogP contribution in [0.15, 0.2) is 88.8 Å². The van der Waals surface area contributed by atoms with Crippen molar-refractivity contribution < 1.29 is 0 Å². The molecule has 0 spiro atoms. The van der Waals surface area contributed by atoms with Crippen LogP contribution in [0.1, 0.15) is 30.9 Å². The molecule has 1 fully saturated rings. The molecular weight excluding hydrogens is 474 g/mol. The van der Waals surface area contributed by atoms with Gasteiger partial charge in [0.1, 0.15) is 16.5 Å². The highest BCUT2D eigenvalue weighted by Crippen LogP contribution is 2.32. The van der Waals surface area contributed by atoms with Crippen LogP contribution in [-0.2, 0) is 13.6 Å². The Kier molecular flexibility index (Phi) is 6.15. The first-order valence-electron chi connectivity index (χ1n) is 13.0. The van der Waals surface area contributed by atoms with E-state index in [1.165, 1.54) is 0 Å². The SMILES string of the molecule is CN(Cc1ccc(-c2ccccn2)cc1)/C(Nc1ccccc1)=c1/c(=O)n(C)c2n(c1=N)[C@H]1CCC[C@H]1N=2. The molecule has 0 saturated heterocycles. The first-order chi connectivity index (χ1) is 18.5. The molecule has 2 atom stereocenters. The molecule has 1 saturated carbocycles. The topological polar surface area (TPSA) is 91.3 Å². The Morgan fingerprint density at radius 3 is 2.55 bits per heavy atom. The first-order valence-corrected chi connectivity index (χ1v) is 13.0. The Hall–Kier alpha value is -4.46. The molecule has 2 aliphatic rings. The minimum atomic E-state index is -0.222. The number of benzene rings is 2. The van der Waals surface area contributed by atoms with E-state index in [-0.39, 0.29) is 23.1 Å². The number of fused-ring (bicyclic) bond motifs is 3. The van der Waals surface area contributed by atoms with Crippen molar-refractivity contribution in [2.24, 2.45) is 12.0 Å². The third-order valence-electron chi connectivity index (χ3n) is 7.56. The van der Waals surface area contributed by atoms with Crippen LogP contribution in [-0.4, -0.2) is 32.1 Å². The number of nitrogens with zero attached hydrogens (tertiary/aromatic N) is 5. The van der Waals surface area contributed by atoms with E-state index in [1.54, 1.807) is 17.8 Å². The molecule has 0 amide bonds. The van der Waals surface area contributed by atoms with E-state index >= 15 is 0 Å². The second-order valence-corrected chi connectivity index (χ2v) is 10.1. The smallest absolute Gasteiger partial charge is 0.267 e. The molecule has 4 aromatic rings. The van der Waals surface area contributed by atoms with Gasteiger partial charge in [-0.25, -0.2) is 4.99 Å². The normalized spacial score (nSPS) is 18.4. The summed E-state index contributed by atoms with van der Waals surface area (Å²) in [6, 6.07) is 24.3. The summed E-state index contributed by atoms with van der Waals surface area (Å²) in [7, 11) is 3.72. The summed E-state index contributed by atoms with van der Waals surface area (Å²) in [4.78, 5) is 25.0. The van der Waals surface area contributed by atoms with Crippen molar-refractivity contribution in [3.63, 3.8) is 0 Å². The fourth-order valence-electron chi connectivity index (χ4n) is 5.61. The van der Waals surface area contributed by atoms with Crippen molar-refractivity contribution in [2.45, 2.75) is 37.9 Å². The van der Waals surface area contributed by atoms with Crippen molar-refractivity contribution in [2.75, 3.05) is 12.4 Å². The first kappa shape index (κ1) is 23.9. The van der Waals surface area contributed by atoms with Crippen LogP contribution >= 0.6 is 0 Å². The monoisotopic (exact) mass is 505 g/mol. The molecule has 8 heteroatoms. The van der Waals surface area contributed by atoms with Gasteiger partial charge < -0.3 is 10.2 Å². The van der Waals surface area contributed by atoms with Gasteiger partial charge >= 0.3 is 0 Å². The fourth-order valence-corrected chi connectivity index (χ4v) is 5.61. The molecule has 1 aliphatic carbocycles. The van der Waals surface area contributed by atoms with Crippen molar-refractivity contribution in [3.8, 4) is 11.3 Å². The van der Waals surface area contributed by atoms with Gasteiger partial charge in [-0.1, -0.05) is 48.5 Å². The largest absolute Gasteiger partial charge is 0.356 e. The molecule has 38 heavy (non-hydrogen) atoms. The number of anilines is 1. The zero-order chi connectivity index (χ0) is 26.2. The van der Waals surface area contributed by atoms with Gasteiger partial charge in [0.05, 0.1) is 17.8 Å². The van der Waals surface area contributed by atoms with Crippen molar-refractivity contribution in [3.05, 3.63) is 111 Å². The van der Waals surface area contributed by atoms with Gasteiger partial charge in [-0.2, -0.15) is 0 Å². The summed E-state index contributed by atoms with van der Waals surface area (Å²) in [6.07, 6.45) is 4.87. The standard InChI is InChI=1S/C30H31N7O/c1-35(19-20-14-16-21(17-15-20)23-11-6-7-18-32-23)28(33-22-9-4-3-5-10-22)26-27(31)37-25-13-8-12-24(25)34-30(37)36(2)29(26)38/h3-7,9-11,14-18,24-25,31,33H,8,12-13,19H2,1-2H3/b28-26+,31-27?/t24-,25+/m1/s1. The Bertz CT molecular complexity index is 1710. The van der Waals surface area contributed by atoms with E-state index < -0.39 is 0 Å². The highest BCUT2D eigenvalue weighted by Gasteiger charge is 2.35. The van der Waals surface area contributed by atoms with Crippen molar-refractivity contribution in [1.82, 2.24) is 19.0 Å². The van der Waals surface area contributed by atoms with Crippen LogP contribution in [0.3, 0.4) is 0 Å². The average Bonchev–Trinajstić information content (AvgIpc) is 3.55. The van der Waals surface area contributed by atoms with Crippen LogP contribution < -0.4 is 27.2 Å². The molecule has 0 unspecified atom stereocenters. The number of para-hydroxylation sites is 1. The van der Waals surface area contributed by atoms with Crippen LogP contribution in [0.5, 0.6) is 0 Å². The van der Waals surface area contributed by atoms with Gasteiger partial charge in [-0.05, 0) is 49.1 Å². The zero-order valence-corrected chi connectivity index (χ0v) is 21.6. The molecule has 2 aromatic heterocycles. The maximum atomic E-state index is 13.7. The Balaban J connectivity index is 1.45. The highest BCUT2D eigenvalue weighted by atomic mass is 16.1. The minimum absolute atomic E-state index is 0.144. The third kappa shape index (κ3) is 4.22. The van der Waals surface area contributed by atoms with Crippen molar-refractivity contribution in [1.29, 1.82) is 5.41 Å². The van der Waals surface area contributed by atoms with E-state index in [4.69, 9.17) is 4.99 Å². The molecule has 8 nitrogen and oxygen atoms in total. The average molecular weight is 506 g/mol. The van der Waals surface area contributed by atoms with Gasteiger partial charge in [0.25, 0.3) is 5.56 Å². The maximum Gasteiger partial charge on any atom is 0.267 e. The predicted octanol–water partition coefficient (Wildman–Crippen LogP) is 2.76. The van der Waals surface area contributed by atoms with Crippen molar-refractivity contribution >= 4 is 11.5 Å². The summed E-state index contributed by atoms with van der Waals surface area (Å²) >= 11 is 0. The van der Waals surface area contributed by atoms with E-state index in [2.05, 4.69) is 34.6 Å². The highest BCUT2D eigenvalue weighted by molar-refractivity contribution is 5.63. The summed E-state index contributed by atoms with van der Waals surface area (Å²) in [5.74, 6) is 0.604. The zero-order valence-electron chi connectivity index (χ0n) is 21.6. The second-order valence-electron chi connectivity index (χ2n) is 10.1. The maximum absolute atomic E-state index is 13.7. The Labute approximate surface area is 220 Å². The van der Waals surface area contributed by atoms with Crippen LogP contribution in [0.4, 0.5) is 5.69 Å². The molecule has 0 bridgehead atoms. The number of aromatic nitrogens is 3. The lowest BCUT2D eigenvalue weighted by molar-refractivity contribution is 0.451. The number of hydrogen-bond acceptors (Lipinski definition) is 6. The number of nitrogens with one attached hydrogen (secondary N) is 2. The molecule has 6 rings (SSSR count). The van der Waals surface area contributed by atoms with Crippen LogP contribution in [0.2, 0.25) is 0 Å². The van der Waals surface area contributed by atoms with Gasteiger partial charge in [-0.3, -0.25) is 24.3 Å². The summed E-state index contributed by atoms with van der Waals surface area (Å²) in [6.45, 7) is 0.554. The lowest BCUT2D eigenvalue weighted by atomic mass is 10.1. The summed E-state index contributed by atoms with van der Waals surface area (Å²) < 4.78 is 3.57. The molecule has 3 heterocycles. The molecule has 2 N–H and O–H groups in total. The summed E-state index contributed by atoms with van der Waals surface area (Å²) in [5, 5.41) is 13.0. The van der Waals surface area contributed by atoms with Crippen LogP contribution in [0.25, 0.3) is 17.1 Å². The third-order valence-corrected chi connectivity index (χ3v) is 7.56. The molecular formula is C30H31N7O. The number of pyridine rings is 1. The fraction of sp³-hybridized carbons (Fsp3) is 0.267. The number of rotatable bonds is 6. The molecule has 1 aliphatic heterocycles. The van der Waals surface area contributed by atoms with E-state index in [0.29, 0.717) is 23.2 Å². The van der Waals surface area contributed by atoms with E-state index in [9.17, 15) is 10.2 Å². The quantitative estimate of drug-likeness (QED) is 0.422. The molecule has 192 valence electrons. The van der Waals surface area contributed by atoms with Gasteiger partial charge in [0, 0.05) is 38.1 Å². The van der Waals surface area contributed by atoms with E-state index in [0.717, 1.165) is 41.8 Å². The summed E-state index contributed by atoms with van der Waals surface area (Å²) in [5.41, 5.74) is 4.52. The predicted molar refractivity (Wildman–Crippen MR) is 148 cm³/mol. The minimum Gasteiger partial charge on any atom is -0.356 e. The lowest BCUT2D eigenvalue weighted by Crippen LogP contribution is -2.59. The Morgan fingerprint density at radius 1 is 1.05 bits per heavy atom. The second kappa shape index (κ2) is 9.78. The van der Waals surface area contributed by atoms with E-state index in [1.807, 2.05) is 65.0 Å². The Morgan fingerprint density at radius 2 is 1.82 bits per heavy atom. The van der Waals surface area contributed by atoms with Gasteiger partial charge in [0.2, 0.25) is 5.62 Å². The van der Waals surface area contributed by atoms with Gasteiger partial charge in [-0.15, -0.1) is 0 Å². The molecule has 2 aromatic carbocycles. The number of hydrogen-bond donors (Lipinski definition) is 2. The molecule has 0 radical (unpaired) electrons.